The first-order valence-electron chi connectivity index (χ1n) is 7.69. The third kappa shape index (κ3) is 3.54. The lowest BCUT2D eigenvalue weighted by molar-refractivity contribution is 0.340. The smallest absolute Gasteiger partial charge is 0.263 e. The highest BCUT2D eigenvalue weighted by Crippen LogP contribution is 2.39. The summed E-state index contributed by atoms with van der Waals surface area (Å²) in [6.07, 6.45) is 1.50. The standard InChI is InChI=1S/C17H18N2O4S2/c1-4-22-14-7-5-13(6-8-14)19-25(20,21)17-12(3)24-11(2)16(17)15-9-10-18-23-15/h5-10,19H,4H2,1-3H3. The number of nitrogens with one attached hydrogen (secondary N) is 1. The predicted molar refractivity (Wildman–Crippen MR) is 97.7 cm³/mol. The average Bonchev–Trinajstić information content (AvgIpc) is 3.16. The maximum atomic E-state index is 13.0. The van der Waals surface area contributed by atoms with Gasteiger partial charge in [-0.25, -0.2) is 8.42 Å². The van der Waals surface area contributed by atoms with Crippen molar-refractivity contribution in [3.8, 4) is 17.1 Å². The second kappa shape index (κ2) is 6.89. The zero-order chi connectivity index (χ0) is 18.0. The van der Waals surface area contributed by atoms with Crippen LogP contribution in [0.1, 0.15) is 16.7 Å². The van der Waals surface area contributed by atoms with Crippen molar-refractivity contribution in [1.82, 2.24) is 5.16 Å². The Labute approximate surface area is 150 Å². The van der Waals surface area contributed by atoms with Crippen molar-refractivity contribution < 1.29 is 17.7 Å². The van der Waals surface area contributed by atoms with Crippen molar-refractivity contribution in [2.24, 2.45) is 0 Å². The van der Waals surface area contributed by atoms with Gasteiger partial charge in [0.15, 0.2) is 5.76 Å². The maximum Gasteiger partial charge on any atom is 0.263 e. The molecule has 0 spiro atoms. The quantitative estimate of drug-likeness (QED) is 0.694. The first-order valence-corrected chi connectivity index (χ1v) is 9.99. The Morgan fingerprint density at radius 3 is 2.48 bits per heavy atom. The Hall–Kier alpha value is -2.32. The van der Waals surface area contributed by atoms with Crippen molar-refractivity contribution in [3.05, 3.63) is 46.3 Å². The number of thiophene rings is 1. The molecule has 3 aromatic rings. The highest BCUT2D eigenvalue weighted by atomic mass is 32.2. The minimum atomic E-state index is -3.77. The van der Waals surface area contributed by atoms with Gasteiger partial charge in [-0.2, -0.15) is 0 Å². The van der Waals surface area contributed by atoms with Gasteiger partial charge in [-0.05, 0) is 45.0 Å². The molecule has 0 atom stereocenters. The van der Waals surface area contributed by atoms with Gasteiger partial charge in [0.25, 0.3) is 10.0 Å². The molecule has 0 unspecified atom stereocenters. The van der Waals surface area contributed by atoms with Crippen LogP contribution in [-0.4, -0.2) is 20.2 Å². The number of nitrogens with zero attached hydrogens (tertiary/aromatic N) is 1. The minimum absolute atomic E-state index is 0.223. The highest BCUT2D eigenvalue weighted by Gasteiger charge is 2.28. The fourth-order valence-corrected chi connectivity index (χ4v) is 5.54. The van der Waals surface area contributed by atoms with E-state index in [1.807, 2.05) is 13.8 Å². The van der Waals surface area contributed by atoms with Crippen molar-refractivity contribution in [3.63, 3.8) is 0 Å². The minimum Gasteiger partial charge on any atom is -0.494 e. The topological polar surface area (TPSA) is 81.4 Å². The number of ether oxygens (including phenoxy) is 1. The molecule has 0 amide bonds. The van der Waals surface area contributed by atoms with Gasteiger partial charge >= 0.3 is 0 Å². The number of aromatic nitrogens is 1. The molecule has 8 heteroatoms. The number of benzene rings is 1. The number of anilines is 1. The molecular formula is C17H18N2O4S2. The molecule has 1 aromatic carbocycles. The first-order chi connectivity index (χ1) is 11.9. The Bertz CT molecular complexity index is 959. The van der Waals surface area contributed by atoms with Crippen LogP contribution in [0, 0.1) is 13.8 Å². The number of aryl methyl sites for hydroxylation is 2. The van der Waals surface area contributed by atoms with Crippen LogP contribution in [0.3, 0.4) is 0 Å². The molecule has 0 radical (unpaired) electrons. The molecule has 0 saturated heterocycles. The Balaban J connectivity index is 1.98. The number of sulfonamides is 1. The van der Waals surface area contributed by atoms with E-state index in [1.54, 1.807) is 37.3 Å². The molecule has 0 aliphatic carbocycles. The van der Waals surface area contributed by atoms with Crippen molar-refractivity contribution in [2.75, 3.05) is 11.3 Å². The van der Waals surface area contributed by atoms with Crippen molar-refractivity contribution in [1.29, 1.82) is 0 Å². The van der Waals surface area contributed by atoms with Crippen LogP contribution in [0.4, 0.5) is 5.69 Å². The molecule has 1 N–H and O–H groups in total. The SMILES string of the molecule is CCOc1ccc(NS(=O)(=O)c2c(C)sc(C)c2-c2ccno2)cc1. The molecule has 25 heavy (non-hydrogen) atoms. The Morgan fingerprint density at radius 2 is 1.88 bits per heavy atom. The lowest BCUT2D eigenvalue weighted by Gasteiger charge is -2.10. The molecule has 0 bridgehead atoms. The van der Waals surface area contributed by atoms with E-state index >= 15 is 0 Å². The summed E-state index contributed by atoms with van der Waals surface area (Å²) in [5, 5.41) is 3.68. The van der Waals surface area contributed by atoms with Crippen LogP contribution < -0.4 is 9.46 Å². The molecular weight excluding hydrogens is 360 g/mol. The molecule has 0 aliphatic heterocycles. The van der Waals surface area contributed by atoms with Gasteiger partial charge in [0.2, 0.25) is 0 Å². The van der Waals surface area contributed by atoms with Crippen LogP contribution in [0.2, 0.25) is 0 Å². The zero-order valence-corrected chi connectivity index (χ0v) is 15.7. The number of rotatable bonds is 6. The van der Waals surface area contributed by atoms with Crippen LogP contribution in [0.5, 0.6) is 5.75 Å². The fourth-order valence-electron chi connectivity index (χ4n) is 2.61. The third-order valence-corrected chi connectivity index (χ3v) is 6.28. The third-order valence-electron chi connectivity index (χ3n) is 3.58. The summed E-state index contributed by atoms with van der Waals surface area (Å²) in [4.78, 5) is 1.78. The molecule has 0 saturated carbocycles. The van der Waals surface area contributed by atoms with Gasteiger partial charge in [-0.15, -0.1) is 11.3 Å². The van der Waals surface area contributed by atoms with E-state index in [0.717, 1.165) is 4.88 Å². The predicted octanol–water partition coefficient (Wildman–Crippen LogP) is 4.22. The molecule has 132 valence electrons. The van der Waals surface area contributed by atoms with E-state index in [4.69, 9.17) is 9.26 Å². The first kappa shape index (κ1) is 17.5. The zero-order valence-electron chi connectivity index (χ0n) is 14.1. The largest absolute Gasteiger partial charge is 0.494 e. The second-order valence-corrected chi connectivity index (χ2v) is 8.41. The van der Waals surface area contributed by atoms with Crippen LogP contribution in [-0.2, 0) is 10.0 Å². The monoisotopic (exact) mass is 378 g/mol. The van der Waals surface area contributed by atoms with Crippen LogP contribution in [0.25, 0.3) is 11.3 Å². The fraction of sp³-hybridized carbons (Fsp3) is 0.235. The van der Waals surface area contributed by atoms with Gasteiger partial charge in [-0.1, -0.05) is 5.16 Å². The maximum absolute atomic E-state index is 13.0. The summed E-state index contributed by atoms with van der Waals surface area (Å²) in [6.45, 7) is 6.10. The summed E-state index contributed by atoms with van der Waals surface area (Å²) in [5.41, 5.74) is 1.02. The van der Waals surface area contributed by atoms with Crippen LogP contribution in [0.15, 0.2) is 45.9 Å². The molecule has 0 aliphatic rings. The van der Waals surface area contributed by atoms with Crippen molar-refractivity contribution in [2.45, 2.75) is 25.7 Å². The molecule has 6 nitrogen and oxygen atoms in total. The van der Waals surface area contributed by atoms with E-state index < -0.39 is 10.0 Å². The summed E-state index contributed by atoms with van der Waals surface area (Å²) in [6, 6.07) is 8.45. The second-order valence-electron chi connectivity index (χ2n) is 5.36. The van der Waals surface area contributed by atoms with Crippen molar-refractivity contribution >= 4 is 27.0 Å². The lowest BCUT2D eigenvalue weighted by atomic mass is 10.2. The van der Waals surface area contributed by atoms with E-state index in [0.29, 0.717) is 34.2 Å². The number of hydrogen-bond donors (Lipinski definition) is 1. The van der Waals surface area contributed by atoms with E-state index in [2.05, 4.69) is 9.88 Å². The van der Waals surface area contributed by atoms with E-state index in [9.17, 15) is 8.42 Å². The summed E-state index contributed by atoms with van der Waals surface area (Å²) in [7, 11) is -3.77. The summed E-state index contributed by atoms with van der Waals surface area (Å²) >= 11 is 1.41. The highest BCUT2D eigenvalue weighted by molar-refractivity contribution is 7.93. The molecule has 2 aromatic heterocycles. The molecule has 0 fully saturated rings. The summed E-state index contributed by atoms with van der Waals surface area (Å²) in [5.74, 6) is 1.13. The van der Waals surface area contributed by atoms with Crippen LogP contribution >= 0.6 is 11.3 Å². The Morgan fingerprint density at radius 1 is 1.16 bits per heavy atom. The average molecular weight is 378 g/mol. The Kier molecular flexibility index (Phi) is 4.82. The van der Waals surface area contributed by atoms with E-state index in [1.165, 1.54) is 17.5 Å². The van der Waals surface area contributed by atoms with Gasteiger partial charge in [0.1, 0.15) is 10.6 Å². The normalized spacial score (nSPS) is 11.5. The van der Waals surface area contributed by atoms with Gasteiger partial charge in [0.05, 0.1) is 18.4 Å². The number of hydrogen-bond acceptors (Lipinski definition) is 6. The van der Waals surface area contributed by atoms with E-state index in [-0.39, 0.29) is 4.90 Å². The summed E-state index contributed by atoms with van der Waals surface area (Å²) < 4.78 is 39.1. The van der Waals surface area contributed by atoms with Gasteiger partial charge < -0.3 is 9.26 Å². The van der Waals surface area contributed by atoms with Gasteiger partial charge in [0, 0.05) is 21.5 Å². The molecule has 3 rings (SSSR count). The van der Waals surface area contributed by atoms with Gasteiger partial charge in [-0.3, -0.25) is 4.72 Å². The molecule has 2 heterocycles. The lowest BCUT2D eigenvalue weighted by Crippen LogP contribution is -2.14.